The predicted octanol–water partition coefficient (Wildman–Crippen LogP) is 2.51. The van der Waals surface area contributed by atoms with Gasteiger partial charge in [-0.1, -0.05) is 0 Å². The Bertz CT molecular complexity index is 630. The van der Waals surface area contributed by atoms with E-state index in [4.69, 9.17) is 13.6 Å². The molecule has 2 rings (SSSR count). The van der Waals surface area contributed by atoms with E-state index in [1.54, 1.807) is 24.3 Å². The molecule has 0 unspecified atom stereocenters. The van der Waals surface area contributed by atoms with E-state index in [0.717, 1.165) is 0 Å². The van der Waals surface area contributed by atoms with Crippen molar-refractivity contribution in [3.8, 4) is 0 Å². The summed E-state index contributed by atoms with van der Waals surface area (Å²) in [6.07, 6.45) is 4.15. The van der Waals surface area contributed by atoms with Gasteiger partial charge in [-0.15, -0.1) is 0 Å². The van der Waals surface area contributed by atoms with Gasteiger partial charge in [0.2, 0.25) is 0 Å². The third kappa shape index (κ3) is 5.31. The number of carbonyl (C=O) groups is 2. The molecule has 2 heterocycles. The summed E-state index contributed by atoms with van der Waals surface area (Å²) in [5, 5.41) is 2.56. The Morgan fingerprint density at radius 2 is 2.19 bits per heavy atom. The number of halogens is 1. The second-order valence-corrected chi connectivity index (χ2v) is 4.72. The molecule has 0 spiro atoms. The van der Waals surface area contributed by atoms with Crippen LogP contribution in [0, 0.1) is 0 Å². The van der Waals surface area contributed by atoms with Gasteiger partial charge in [0.15, 0.2) is 11.3 Å². The first-order valence-electron chi connectivity index (χ1n) is 6.03. The first-order valence-corrected chi connectivity index (χ1v) is 6.82. The number of ether oxygens (including phenoxy) is 1. The van der Waals surface area contributed by atoms with Gasteiger partial charge >= 0.3 is 5.97 Å². The van der Waals surface area contributed by atoms with Crippen LogP contribution in [0.15, 0.2) is 50.1 Å². The minimum Gasteiger partial charge on any atom is -0.467 e. The zero-order chi connectivity index (χ0) is 15.1. The van der Waals surface area contributed by atoms with E-state index >= 15 is 0 Å². The van der Waals surface area contributed by atoms with Crippen molar-refractivity contribution in [1.82, 2.24) is 5.32 Å². The van der Waals surface area contributed by atoms with Crippen molar-refractivity contribution in [2.24, 2.45) is 0 Å². The quantitative estimate of drug-likeness (QED) is 0.637. The van der Waals surface area contributed by atoms with Gasteiger partial charge in [-0.2, -0.15) is 0 Å². The SMILES string of the molecule is O=C(COC(=O)/C=C/c1ccc(Br)o1)NCc1ccco1. The van der Waals surface area contributed by atoms with Crippen LogP contribution in [0.3, 0.4) is 0 Å². The topological polar surface area (TPSA) is 81.7 Å². The van der Waals surface area contributed by atoms with Crippen LogP contribution in [0.1, 0.15) is 11.5 Å². The summed E-state index contributed by atoms with van der Waals surface area (Å²) in [4.78, 5) is 22.8. The van der Waals surface area contributed by atoms with Crippen LogP contribution in [-0.4, -0.2) is 18.5 Å². The van der Waals surface area contributed by atoms with Crippen molar-refractivity contribution in [2.75, 3.05) is 6.61 Å². The van der Waals surface area contributed by atoms with E-state index in [1.165, 1.54) is 18.4 Å². The van der Waals surface area contributed by atoms with Gasteiger partial charge < -0.3 is 18.9 Å². The minimum absolute atomic E-state index is 0.250. The van der Waals surface area contributed by atoms with E-state index in [0.29, 0.717) is 16.2 Å². The number of hydrogen-bond acceptors (Lipinski definition) is 5. The maximum Gasteiger partial charge on any atom is 0.331 e. The zero-order valence-electron chi connectivity index (χ0n) is 10.9. The third-order valence-electron chi connectivity index (χ3n) is 2.36. The lowest BCUT2D eigenvalue weighted by atomic mass is 10.4. The molecule has 0 aliphatic heterocycles. The van der Waals surface area contributed by atoms with Gasteiger partial charge in [0, 0.05) is 6.08 Å². The first kappa shape index (κ1) is 15.1. The van der Waals surface area contributed by atoms with Gasteiger partial charge in [-0.3, -0.25) is 4.79 Å². The lowest BCUT2D eigenvalue weighted by Gasteiger charge is -2.03. The number of esters is 1. The molecular formula is C14H12BrNO5. The Balaban J connectivity index is 1.68. The molecule has 1 amide bonds. The molecule has 6 nitrogen and oxygen atoms in total. The van der Waals surface area contributed by atoms with Crippen LogP contribution < -0.4 is 5.32 Å². The molecule has 0 bridgehead atoms. The highest BCUT2D eigenvalue weighted by atomic mass is 79.9. The average molecular weight is 354 g/mol. The summed E-state index contributed by atoms with van der Waals surface area (Å²) in [5.74, 6) is 0.0867. The number of amides is 1. The normalized spacial score (nSPS) is 10.7. The van der Waals surface area contributed by atoms with Crippen molar-refractivity contribution >= 4 is 33.9 Å². The predicted molar refractivity (Wildman–Crippen MR) is 77.0 cm³/mol. The van der Waals surface area contributed by atoms with Crippen LogP contribution in [0.4, 0.5) is 0 Å². The molecule has 7 heteroatoms. The summed E-state index contributed by atoms with van der Waals surface area (Å²) in [6, 6.07) is 6.84. The molecule has 21 heavy (non-hydrogen) atoms. The third-order valence-corrected chi connectivity index (χ3v) is 2.79. The molecule has 1 N–H and O–H groups in total. The second-order valence-electron chi connectivity index (χ2n) is 3.94. The van der Waals surface area contributed by atoms with E-state index < -0.39 is 11.9 Å². The fourth-order valence-electron chi connectivity index (χ4n) is 1.40. The number of nitrogens with one attached hydrogen (secondary N) is 1. The Kier molecular flexibility index (Phi) is 5.39. The van der Waals surface area contributed by atoms with E-state index in [2.05, 4.69) is 21.2 Å². The molecule has 0 aliphatic rings. The van der Waals surface area contributed by atoms with Crippen LogP contribution in [-0.2, 0) is 20.9 Å². The van der Waals surface area contributed by atoms with E-state index in [1.807, 2.05) is 0 Å². The molecule has 0 radical (unpaired) electrons. The van der Waals surface area contributed by atoms with Crippen LogP contribution in [0.5, 0.6) is 0 Å². The summed E-state index contributed by atoms with van der Waals surface area (Å²) in [6.45, 7) is -0.106. The van der Waals surface area contributed by atoms with Crippen LogP contribution >= 0.6 is 15.9 Å². The first-order chi connectivity index (χ1) is 10.1. The monoisotopic (exact) mass is 353 g/mol. The number of hydrogen-bond donors (Lipinski definition) is 1. The van der Waals surface area contributed by atoms with Crippen LogP contribution in [0.25, 0.3) is 6.08 Å². The number of rotatable bonds is 6. The minimum atomic E-state index is -0.629. The van der Waals surface area contributed by atoms with Gasteiger partial charge in [-0.05, 0) is 46.3 Å². The molecule has 110 valence electrons. The largest absolute Gasteiger partial charge is 0.467 e. The molecule has 2 aromatic heterocycles. The highest BCUT2D eigenvalue weighted by Gasteiger charge is 2.06. The smallest absolute Gasteiger partial charge is 0.331 e. The number of furan rings is 2. The number of carbonyl (C=O) groups excluding carboxylic acids is 2. The highest BCUT2D eigenvalue weighted by molar-refractivity contribution is 9.10. The van der Waals surface area contributed by atoms with Crippen molar-refractivity contribution < 1.29 is 23.2 Å². The summed E-state index contributed by atoms with van der Waals surface area (Å²) in [7, 11) is 0. The van der Waals surface area contributed by atoms with Gasteiger partial charge in [0.05, 0.1) is 12.8 Å². The Labute approximate surface area is 128 Å². The molecule has 2 aromatic rings. The standard InChI is InChI=1S/C14H12BrNO5/c15-12-5-3-10(21-12)4-6-14(18)20-9-13(17)16-8-11-2-1-7-19-11/h1-7H,8-9H2,(H,16,17)/b6-4+. The molecule has 0 saturated heterocycles. The molecular weight excluding hydrogens is 342 g/mol. The molecule has 0 aromatic carbocycles. The molecule has 0 atom stereocenters. The highest BCUT2D eigenvalue weighted by Crippen LogP contribution is 2.14. The van der Waals surface area contributed by atoms with Crippen molar-refractivity contribution in [2.45, 2.75) is 6.54 Å². The van der Waals surface area contributed by atoms with Crippen LogP contribution in [0.2, 0.25) is 0 Å². The molecule has 0 fully saturated rings. The average Bonchev–Trinajstić information content (AvgIpc) is 3.12. The Morgan fingerprint density at radius 3 is 2.86 bits per heavy atom. The summed E-state index contributed by atoms with van der Waals surface area (Å²) < 4.78 is 15.6. The second kappa shape index (κ2) is 7.49. The van der Waals surface area contributed by atoms with Gasteiger partial charge in [0.1, 0.15) is 11.5 Å². The maximum atomic E-state index is 11.4. The Hall–Kier alpha value is -2.28. The van der Waals surface area contributed by atoms with E-state index in [-0.39, 0.29) is 13.2 Å². The maximum absolute atomic E-state index is 11.4. The van der Waals surface area contributed by atoms with Gasteiger partial charge in [-0.25, -0.2) is 4.79 Å². The van der Waals surface area contributed by atoms with Gasteiger partial charge in [0.25, 0.3) is 5.91 Å². The fourth-order valence-corrected chi connectivity index (χ4v) is 1.72. The molecule has 0 aliphatic carbocycles. The van der Waals surface area contributed by atoms with Crippen molar-refractivity contribution in [3.05, 3.63) is 52.8 Å². The van der Waals surface area contributed by atoms with E-state index in [9.17, 15) is 9.59 Å². The lowest BCUT2D eigenvalue weighted by molar-refractivity contribution is -0.143. The molecule has 0 saturated carbocycles. The zero-order valence-corrected chi connectivity index (χ0v) is 12.5. The van der Waals surface area contributed by atoms with Crippen molar-refractivity contribution in [3.63, 3.8) is 0 Å². The van der Waals surface area contributed by atoms with Crippen molar-refractivity contribution in [1.29, 1.82) is 0 Å². The Morgan fingerprint density at radius 1 is 1.33 bits per heavy atom. The summed E-state index contributed by atoms with van der Waals surface area (Å²) >= 11 is 3.15. The fraction of sp³-hybridized carbons (Fsp3) is 0.143. The lowest BCUT2D eigenvalue weighted by Crippen LogP contribution is -2.27. The summed E-state index contributed by atoms with van der Waals surface area (Å²) in [5.41, 5.74) is 0.